The Bertz CT molecular complexity index is 1270. The van der Waals surface area contributed by atoms with Gasteiger partial charge in [0, 0.05) is 33.0 Å². The highest BCUT2D eigenvalue weighted by Gasteiger charge is 2.31. The van der Waals surface area contributed by atoms with Gasteiger partial charge in [-0.1, -0.05) is 41.7 Å². The van der Waals surface area contributed by atoms with E-state index in [9.17, 15) is 23.9 Å². The highest BCUT2D eigenvalue weighted by molar-refractivity contribution is 7.14. The number of benzene rings is 2. The van der Waals surface area contributed by atoms with E-state index >= 15 is 0 Å². The quantitative estimate of drug-likeness (QED) is 0.360. The molecule has 4 rings (SSSR count). The highest BCUT2D eigenvalue weighted by Crippen LogP contribution is 2.42. The number of hydrogen-bond donors (Lipinski definition) is 2. The number of para-hydroxylation sites is 1. The van der Waals surface area contributed by atoms with Crippen molar-refractivity contribution in [3.63, 3.8) is 0 Å². The number of hydrogen-bond acceptors (Lipinski definition) is 6. The number of thiophene rings is 1. The number of nitrogens with zero attached hydrogens (tertiary/aromatic N) is 3. The second-order valence-corrected chi connectivity index (χ2v) is 7.54. The monoisotopic (exact) mass is 428 g/mol. The number of aryl methyl sites for hydroxylation is 1. The summed E-state index contributed by atoms with van der Waals surface area (Å²) in [5.74, 6) is -1.90. The van der Waals surface area contributed by atoms with Crippen LogP contribution in [0.4, 0.5) is 13.8 Å². The average molecular weight is 428 g/mol. The molecule has 2 heterocycles. The fourth-order valence-corrected chi connectivity index (χ4v) is 4.16. The van der Waals surface area contributed by atoms with Crippen LogP contribution in [0.15, 0.2) is 48.0 Å². The fourth-order valence-electron chi connectivity index (χ4n) is 3.15. The molecule has 0 saturated heterocycles. The van der Waals surface area contributed by atoms with Crippen molar-refractivity contribution in [3.8, 4) is 11.1 Å². The van der Waals surface area contributed by atoms with Gasteiger partial charge in [-0.15, -0.1) is 0 Å². The van der Waals surface area contributed by atoms with Crippen LogP contribution < -0.4 is 0 Å². The second-order valence-electron chi connectivity index (χ2n) is 6.68. The van der Waals surface area contributed by atoms with Crippen LogP contribution >= 0.6 is 11.3 Å². The predicted octanol–water partition coefficient (Wildman–Crippen LogP) is 4.54. The largest absolute Gasteiger partial charge is 0.364 e. The van der Waals surface area contributed by atoms with Gasteiger partial charge in [0.1, 0.15) is 5.56 Å². The normalized spacial score (nSPS) is 11.4. The Morgan fingerprint density at radius 1 is 1.10 bits per heavy atom. The van der Waals surface area contributed by atoms with Crippen molar-refractivity contribution in [2.45, 2.75) is 19.8 Å². The maximum atomic E-state index is 14.5. The molecule has 6 nitrogen and oxygen atoms in total. The molecule has 0 amide bonds. The van der Waals surface area contributed by atoms with Gasteiger partial charge in [-0.3, -0.25) is 0 Å². The zero-order chi connectivity index (χ0) is 21.4. The number of aliphatic hydroxyl groups is 2. The lowest BCUT2D eigenvalue weighted by atomic mass is 10.0. The molecule has 0 saturated carbocycles. The molecule has 0 fully saturated rings. The van der Waals surface area contributed by atoms with Crippen LogP contribution in [0.5, 0.6) is 0 Å². The molecule has 0 aliphatic rings. The van der Waals surface area contributed by atoms with Crippen molar-refractivity contribution < 1.29 is 23.8 Å². The Morgan fingerprint density at radius 2 is 1.87 bits per heavy atom. The third kappa shape index (κ3) is 3.58. The third-order valence-electron chi connectivity index (χ3n) is 4.68. The molecule has 30 heavy (non-hydrogen) atoms. The molecule has 0 unspecified atom stereocenters. The summed E-state index contributed by atoms with van der Waals surface area (Å²) >= 11 is 0.898. The Hall–Kier alpha value is -3.14. The zero-order valence-corrected chi connectivity index (χ0v) is 16.5. The minimum absolute atomic E-state index is 0.0432. The highest BCUT2D eigenvalue weighted by atomic mass is 32.1. The summed E-state index contributed by atoms with van der Waals surface area (Å²) in [4.78, 5) is 21.3. The first-order valence-electron chi connectivity index (χ1n) is 8.94. The molecule has 9 heteroatoms. The van der Waals surface area contributed by atoms with E-state index in [0.717, 1.165) is 16.7 Å². The van der Waals surface area contributed by atoms with Crippen LogP contribution in [0.1, 0.15) is 23.2 Å². The first kappa shape index (κ1) is 20.1. The molecular formula is C21H16F2N3O3S+. The molecule has 2 aromatic carbocycles. The SMILES string of the molecule is Cc1ccc(-c2csc([N+](=O)Cc3ncc4ccccc4n3)c2C(O)O)c(F)c1F. The number of fused-ring (bicyclic) bond motifs is 1. The summed E-state index contributed by atoms with van der Waals surface area (Å²) < 4.78 is 29.0. The van der Waals surface area contributed by atoms with Crippen LogP contribution in [-0.4, -0.2) is 24.9 Å². The van der Waals surface area contributed by atoms with Crippen molar-refractivity contribution in [2.75, 3.05) is 0 Å². The Morgan fingerprint density at radius 3 is 2.63 bits per heavy atom. The van der Waals surface area contributed by atoms with E-state index in [1.807, 2.05) is 18.2 Å². The molecule has 152 valence electrons. The summed E-state index contributed by atoms with van der Waals surface area (Å²) in [6, 6.07) is 10.0. The van der Waals surface area contributed by atoms with Gasteiger partial charge in [0.25, 0.3) is 6.54 Å². The van der Waals surface area contributed by atoms with E-state index in [1.165, 1.54) is 24.4 Å². The van der Waals surface area contributed by atoms with Gasteiger partial charge in [-0.2, -0.15) is 0 Å². The summed E-state index contributed by atoms with van der Waals surface area (Å²) in [6.07, 6.45) is -0.462. The van der Waals surface area contributed by atoms with Crippen LogP contribution in [0.25, 0.3) is 22.0 Å². The fraction of sp³-hybridized carbons (Fsp3) is 0.143. The molecular weight excluding hydrogens is 412 g/mol. The first-order valence-corrected chi connectivity index (χ1v) is 9.82. The average Bonchev–Trinajstić information content (AvgIpc) is 3.17. The summed E-state index contributed by atoms with van der Waals surface area (Å²) in [7, 11) is 0. The summed E-state index contributed by atoms with van der Waals surface area (Å²) in [5, 5.41) is 21.9. The van der Waals surface area contributed by atoms with E-state index in [0.29, 0.717) is 10.3 Å². The van der Waals surface area contributed by atoms with Crippen molar-refractivity contribution in [3.05, 3.63) is 81.5 Å². The van der Waals surface area contributed by atoms with E-state index < -0.39 is 17.9 Å². The van der Waals surface area contributed by atoms with Crippen LogP contribution in [-0.2, 0) is 6.54 Å². The first-order chi connectivity index (χ1) is 14.4. The maximum Gasteiger partial charge on any atom is 0.320 e. The predicted molar refractivity (Wildman–Crippen MR) is 108 cm³/mol. The van der Waals surface area contributed by atoms with Crippen molar-refractivity contribution in [1.29, 1.82) is 0 Å². The van der Waals surface area contributed by atoms with Crippen LogP contribution in [0.3, 0.4) is 0 Å². The van der Waals surface area contributed by atoms with Crippen LogP contribution in [0, 0.1) is 23.5 Å². The number of rotatable bonds is 5. The van der Waals surface area contributed by atoms with Gasteiger partial charge in [0.15, 0.2) is 23.7 Å². The lowest BCUT2D eigenvalue weighted by molar-refractivity contribution is -0.478. The van der Waals surface area contributed by atoms with E-state index in [4.69, 9.17) is 0 Å². The van der Waals surface area contributed by atoms with Gasteiger partial charge >= 0.3 is 5.00 Å². The topological polar surface area (TPSA) is 86.3 Å². The minimum Gasteiger partial charge on any atom is -0.364 e. The van der Waals surface area contributed by atoms with Gasteiger partial charge in [-0.05, 0) is 18.6 Å². The summed E-state index contributed by atoms with van der Waals surface area (Å²) in [6.45, 7) is 1.17. The third-order valence-corrected chi connectivity index (χ3v) is 5.68. The number of aliphatic hydroxyl groups excluding tert-OH is 1. The molecule has 2 aromatic heterocycles. The van der Waals surface area contributed by atoms with Crippen molar-refractivity contribution >= 4 is 27.2 Å². The van der Waals surface area contributed by atoms with Crippen molar-refractivity contribution in [2.24, 2.45) is 0 Å². The van der Waals surface area contributed by atoms with Gasteiger partial charge < -0.3 is 10.2 Å². The molecule has 0 atom stereocenters. The molecule has 0 spiro atoms. The van der Waals surface area contributed by atoms with E-state index in [1.54, 1.807) is 12.3 Å². The molecule has 2 N–H and O–H groups in total. The van der Waals surface area contributed by atoms with E-state index in [-0.39, 0.29) is 39.6 Å². The molecule has 4 aromatic rings. The Labute approximate surface area is 173 Å². The van der Waals surface area contributed by atoms with Gasteiger partial charge in [0.2, 0.25) is 0 Å². The zero-order valence-electron chi connectivity index (χ0n) is 15.7. The number of halogens is 2. The van der Waals surface area contributed by atoms with Gasteiger partial charge in [-0.25, -0.2) is 18.7 Å². The molecule has 0 aliphatic carbocycles. The summed E-state index contributed by atoms with van der Waals surface area (Å²) in [5.41, 5.74) is 0.484. The second kappa shape index (κ2) is 7.94. The molecule has 0 bridgehead atoms. The maximum absolute atomic E-state index is 14.5. The standard InChI is InChI=1S/C21H16F2N3O3S/c1-11-6-7-13(19(23)18(11)22)14-10-30-20(17(14)21(27)28)26(29)9-16-24-8-12-4-2-3-5-15(12)25-16/h2-8,10,21,27-28H,9H2,1H3/q+1. The Kier molecular flexibility index (Phi) is 5.33. The lowest BCUT2D eigenvalue weighted by Gasteiger charge is -2.08. The minimum atomic E-state index is -2.06. The van der Waals surface area contributed by atoms with Crippen LogP contribution in [0.2, 0.25) is 0 Å². The molecule has 0 aliphatic heterocycles. The van der Waals surface area contributed by atoms with E-state index in [2.05, 4.69) is 9.97 Å². The number of nitroso groups, excluding NO2 is 1. The lowest BCUT2D eigenvalue weighted by Crippen LogP contribution is -2.08. The smallest absolute Gasteiger partial charge is 0.320 e. The number of aromatic nitrogens is 2. The van der Waals surface area contributed by atoms with Crippen molar-refractivity contribution in [1.82, 2.24) is 9.97 Å². The molecule has 0 radical (unpaired) electrons. The Balaban J connectivity index is 1.72. The van der Waals surface area contributed by atoms with Gasteiger partial charge in [0.05, 0.1) is 10.3 Å².